The minimum atomic E-state index is -1.43. The first-order chi connectivity index (χ1) is 58.2. The van der Waals surface area contributed by atoms with Crippen LogP contribution in [0.5, 0.6) is 0 Å². The van der Waals surface area contributed by atoms with Crippen molar-refractivity contribution in [3.63, 3.8) is 0 Å². The van der Waals surface area contributed by atoms with Gasteiger partial charge in [0, 0.05) is 23.0 Å². The molecule has 5 unspecified atom stereocenters. The van der Waals surface area contributed by atoms with Crippen molar-refractivity contribution in [3.05, 3.63) is 0 Å². The molecule has 0 aromatic rings. The van der Waals surface area contributed by atoms with Gasteiger partial charge in [-0.2, -0.15) is 0 Å². The number of amides is 12. The van der Waals surface area contributed by atoms with Crippen LogP contribution in [0.25, 0.3) is 0 Å². The van der Waals surface area contributed by atoms with E-state index >= 15 is 38.4 Å². The van der Waals surface area contributed by atoms with Crippen molar-refractivity contribution in [3.8, 4) is 0 Å². The zero-order chi connectivity index (χ0) is 92.2. The number of carbonyl (C=O) groups is 16. The first-order valence-electron chi connectivity index (χ1n) is 44.7. The van der Waals surface area contributed by atoms with E-state index in [1.165, 1.54) is 28.4 Å². The molecule has 0 aromatic heterocycles. The number of rotatable bonds is 36. The van der Waals surface area contributed by atoms with Gasteiger partial charge in [0.15, 0.2) is 0 Å². The number of carbonyl (C=O) groups excluding carboxylic acids is 16. The maximum absolute atomic E-state index is 16.0. The molecule has 4 spiro atoms. The van der Waals surface area contributed by atoms with Crippen molar-refractivity contribution in [2.45, 2.75) is 312 Å². The Morgan fingerprint density at radius 3 is 0.597 bits per heavy atom. The summed E-state index contributed by atoms with van der Waals surface area (Å²) in [5.74, 6) is -13.4. The molecule has 700 valence electrons. The summed E-state index contributed by atoms with van der Waals surface area (Å²) in [5, 5.41) is 35.2. The fourth-order valence-electron chi connectivity index (χ4n) is 20.3. The lowest BCUT2D eigenvalue weighted by atomic mass is 9.43. The van der Waals surface area contributed by atoms with E-state index in [-0.39, 0.29) is 158 Å². The minimum absolute atomic E-state index is 0.0192. The Morgan fingerprint density at radius 1 is 0.282 bits per heavy atom. The predicted molar refractivity (Wildman–Crippen MR) is 476 cm³/mol. The highest BCUT2D eigenvalue weighted by Crippen LogP contribution is 2.67. The van der Waals surface area contributed by atoms with Crippen molar-refractivity contribution < 1.29 is 95.7 Å². The lowest BCUT2D eigenvalue weighted by Crippen LogP contribution is -2.65. The van der Waals surface area contributed by atoms with Gasteiger partial charge < -0.3 is 82.7 Å². The van der Waals surface area contributed by atoms with E-state index < -0.39 is 189 Å². The van der Waals surface area contributed by atoms with Gasteiger partial charge in [-0.25, -0.2) is 19.2 Å². The van der Waals surface area contributed by atoms with Crippen LogP contribution in [0.15, 0.2) is 0 Å². The number of hydrogen-bond donors (Lipinski definition) is 12. The van der Waals surface area contributed by atoms with Crippen molar-refractivity contribution in [1.29, 1.82) is 0 Å². The highest BCUT2D eigenvalue weighted by molar-refractivity contribution is 8.77. The molecule has 1 saturated heterocycles. The van der Waals surface area contributed by atoms with Crippen molar-refractivity contribution in [2.75, 3.05) is 51.5 Å². The molecule has 8 bridgehead atoms. The zero-order valence-electron chi connectivity index (χ0n) is 76.6. The molecule has 124 heavy (non-hydrogen) atoms. The summed E-state index contributed by atoms with van der Waals surface area (Å²) in [5.41, 5.74) is -5.12. The lowest BCUT2D eigenvalue weighted by Gasteiger charge is -2.60. The number of ether oxygens (including phenoxy) is 4. The van der Waals surface area contributed by atoms with E-state index in [1.54, 1.807) is 0 Å². The fourth-order valence-corrected chi connectivity index (χ4v) is 25.0. The molecular formula is C88H144N12O20S4. The van der Waals surface area contributed by atoms with E-state index in [9.17, 15) is 38.4 Å². The second-order valence-electron chi connectivity index (χ2n) is 39.9. The SMILES string of the molecule is COC(=O)C(CC(C)C)NC(=O)[C@H](CC(C)C)NC(=O)[C@@H]1CSSC[C@@H](C(=O)N[C@@H](CC(C)C)C(=O)N[C@@H](CC(C)C)C(=O)OC)NC(=O)C23CC4CC(C2)CC(C4)(C3)C(=O)N[C@H](C(=O)N[C@@H](CC(C)C)C(=O)N[C@@H](CC(C)C)C(=O)OC)CSSC[C@@H](C(=O)N[C@@H](CC(C)C)C(=O)N[C@@H](CC(C)C)C(=O)OC)NC(=O)C23CC4CC(CC(C4)(C2)C(=O)N1)C3. The highest BCUT2D eigenvalue weighted by atomic mass is 33.1. The van der Waals surface area contributed by atoms with Gasteiger partial charge in [-0.1, -0.05) is 154 Å². The van der Waals surface area contributed by atoms with Crippen LogP contribution in [0.2, 0.25) is 0 Å². The maximum Gasteiger partial charge on any atom is 0.328 e. The monoisotopic (exact) mass is 1820 g/mol. The Kier molecular flexibility index (Phi) is 39.2. The van der Waals surface area contributed by atoms with E-state index in [0.717, 1.165) is 43.2 Å². The highest BCUT2D eigenvalue weighted by Gasteiger charge is 2.65. The summed E-state index contributed by atoms with van der Waals surface area (Å²) < 4.78 is 20.4. The quantitative estimate of drug-likeness (QED) is 0.0174. The average Bonchev–Trinajstić information content (AvgIpc) is 0.715. The third-order valence-corrected chi connectivity index (χ3v) is 29.9. The number of esters is 4. The molecule has 1 aliphatic heterocycles. The summed E-state index contributed by atoms with van der Waals surface area (Å²) in [6.07, 6.45) is 5.16. The third-order valence-electron chi connectivity index (χ3n) is 25.0. The summed E-state index contributed by atoms with van der Waals surface area (Å²) >= 11 is 0. The molecule has 32 nitrogen and oxygen atoms in total. The first-order valence-corrected chi connectivity index (χ1v) is 49.7. The van der Waals surface area contributed by atoms with Gasteiger partial charge >= 0.3 is 23.9 Å². The molecule has 16 atom stereocenters. The minimum Gasteiger partial charge on any atom is -0.467 e. The Bertz CT molecular complexity index is 3300. The molecule has 9 aliphatic rings. The number of hydrogen-bond acceptors (Lipinski definition) is 24. The molecule has 8 aliphatic carbocycles. The van der Waals surface area contributed by atoms with Gasteiger partial charge in [-0.15, -0.1) is 0 Å². The average molecular weight is 1820 g/mol. The molecule has 36 heteroatoms. The van der Waals surface area contributed by atoms with Crippen LogP contribution in [0, 0.1) is 92.7 Å². The van der Waals surface area contributed by atoms with E-state index in [0.29, 0.717) is 64.2 Å². The number of methoxy groups -OCH3 is 4. The van der Waals surface area contributed by atoms with Crippen molar-refractivity contribution >= 4 is 138 Å². The van der Waals surface area contributed by atoms with Crippen LogP contribution < -0.4 is 63.8 Å². The standard InChI is InChI=1S/C88H144N12O20S4/c1-45(2)21-57(69(101)93-61(25-49(9)10)77(109)117-17)89-73(105)65-39-121-122-40-66(74(106)90-58(22-46(3)4)70(102)94-62(26-50(11)12)78(110)118-18)98-83(115)87-35-55-30-56(36-87)38-88(37-55,44-87)84(116)100-68(76(108)92-60(24-48(7)8)72(104)96-64(28-52(15)16)80(112)120-20)42-124-123-41-67(75(107)91-59(23-47(5)6)71(103)95-63(27-51(13)14)79(111)119-19)99-82(114)86-33-53-29-54(34-86)32-85(31-53,43-86)81(113)97-65/h45-68H,21-44H2,1-20H3,(H,89,105)(H,90,106)(H,91,107)(H,92,108)(H,93,101)(H,94,102)(H,95,103)(H,96,104)(H,97,113)(H,98,115)(H,99,114)(H,100,116)/t53?,54?,55?,56?,57-,58-,59-,60-,61-,62-,63-,64?,65-,66-,67-,68-,85?,86?,87?,88?/m0/s1. The van der Waals surface area contributed by atoms with Gasteiger partial charge in [0.2, 0.25) is 70.9 Å². The fraction of sp³-hybridized carbons (Fsp3) is 0.818. The van der Waals surface area contributed by atoms with Crippen LogP contribution in [0.4, 0.5) is 0 Å². The summed E-state index contributed by atoms with van der Waals surface area (Å²) in [7, 11) is 9.14. The zero-order valence-corrected chi connectivity index (χ0v) is 79.9. The molecule has 1 heterocycles. The lowest BCUT2D eigenvalue weighted by molar-refractivity contribution is -0.169. The topological polar surface area (TPSA) is 454 Å². The molecule has 12 amide bonds. The molecule has 12 N–H and O–H groups in total. The van der Waals surface area contributed by atoms with Gasteiger partial charge in [0.25, 0.3) is 0 Å². The largest absolute Gasteiger partial charge is 0.467 e. The van der Waals surface area contributed by atoms with Gasteiger partial charge in [0.05, 0.1) is 50.1 Å². The van der Waals surface area contributed by atoms with Crippen molar-refractivity contribution in [2.24, 2.45) is 92.7 Å². The molecule has 0 radical (unpaired) electrons. The second-order valence-corrected chi connectivity index (χ2v) is 45.0. The molecule has 0 aromatic carbocycles. The summed E-state index contributed by atoms with van der Waals surface area (Å²) in [6, 6.07) is -15.0. The van der Waals surface area contributed by atoms with Crippen LogP contribution >= 0.6 is 43.2 Å². The Hall–Kier alpha value is -7.08. The van der Waals surface area contributed by atoms with Crippen LogP contribution in [-0.4, -0.2) is 219 Å². The van der Waals surface area contributed by atoms with E-state index in [4.69, 9.17) is 18.9 Å². The predicted octanol–water partition coefficient (Wildman–Crippen LogP) is 6.81. The normalized spacial score (nSPS) is 28.0. The van der Waals surface area contributed by atoms with E-state index in [2.05, 4.69) is 63.8 Å². The second kappa shape index (κ2) is 46.8. The first kappa shape index (κ1) is 104. The van der Waals surface area contributed by atoms with Crippen LogP contribution in [0.1, 0.15) is 239 Å². The third kappa shape index (κ3) is 29.0. The van der Waals surface area contributed by atoms with E-state index in [1.807, 2.05) is 111 Å². The smallest absolute Gasteiger partial charge is 0.328 e. The van der Waals surface area contributed by atoms with Gasteiger partial charge in [-0.3, -0.25) is 57.5 Å². The summed E-state index contributed by atoms with van der Waals surface area (Å²) in [6.45, 7) is 29.9. The molecular weight excluding hydrogens is 1670 g/mol. The number of nitrogens with one attached hydrogen (secondary N) is 12. The molecule has 9 rings (SSSR count). The van der Waals surface area contributed by atoms with Crippen LogP contribution in [0.3, 0.4) is 0 Å². The Labute approximate surface area is 748 Å². The summed E-state index contributed by atoms with van der Waals surface area (Å²) in [4.78, 5) is 237. The van der Waals surface area contributed by atoms with Gasteiger partial charge in [-0.05, 0) is 199 Å². The van der Waals surface area contributed by atoms with Gasteiger partial charge in [0.1, 0.15) is 72.5 Å². The molecule has 8 saturated carbocycles. The van der Waals surface area contributed by atoms with Crippen molar-refractivity contribution in [1.82, 2.24) is 63.8 Å². The Balaban J connectivity index is 1.36. The van der Waals surface area contributed by atoms with Crippen LogP contribution in [-0.2, 0) is 95.7 Å². The Morgan fingerprint density at radius 2 is 0.444 bits per heavy atom. The maximum atomic E-state index is 16.0. The molecule has 9 fully saturated rings.